The van der Waals surface area contributed by atoms with E-state index in [-0.39, 0.29) is 5.60 Å². The Balaban J connectivity index is 2.17. The summed E-state index contributed by atoms with van der Waals surface area (Å²) in [5.74, 6) is 1.35. The Morgan fingerprint density at radius 1 is 1.33 bits per heavy atom. The Labute approximate surface area is 131 Å². The first-order valence-corrected chi connectivity index (χ1v) is 7.71. The molecule has 0 saturated carbocycles. The van der Waals surface area contributed by atoms with Crippen LogP contribution in [0.25, 0.3) is 0 Å². The van der Waals surface area contributed by atoms with Gasteiger partial charge in [-0.1, -0.05) is 18.5 Å². The van der Waals surface area contributed by atoms with E-state index in [1.165, 1.54) is 0 Å². The van der Waals surface area contributed by atoms with E-state index in [2.05, 4.69) is 19.2 Å². The van der Waals surface area contributed by atoms with E-state index < -0.39 is 0 Å². The number of hydrogen-bond acceptors (Lipinski definition) is 4. The minimum absolute atomic E-state index is 0.0561. The van der Waals surface area contributed by atoms with E-state index in [4.69, 9.17) is 25.8 Å². The van der Waals surface area contributed by atoms with Crippen LogP contribution in [-0.2, 0) is 4.74 Å². The van der Waals surface area contributed by atoms with Gasteiger partial charge in [-0.2, -0.15) is 0 Å². The van der Waals surface area contributed by atoms with Crippen LogP contribution in [0.2, 0.25) is 5.02 Å². The quantitative estimate of drug-likeness (QED) is 0.887. The maximum absolute atomic E-state index is 6.21. The summed E-state index contributed by atoms with van der Waals surface area (Å²) in [6, 6.07) is 4.02. The summed E-state index contributed by atoms with van der Waals surface area (Å²) >= 11 is 6.21. The van der Waals surface area contributed by atoms with Crippen molar-refractivity contribution in [1.29, 1.82) is 0 Å². The molecule has 1 fully saturated rings. The van der Waals surface area contributed by atoms with E-state index in [9.17, 15) is 0 Å². The molecule has 4 nitrogen and oxygen atoms in total. The molecule has 0 radical (unpaired) electrons. The highest BCUT2D eigenvalue weighted by Crippen LogP contribution is 2.38. The molecule has 0 aromatic heterocycles. The van der Waals surface area contributed by atoms with Gasteiger partial charge >= 0.3 is 0 Å². The zero-order chi connectivity index (χ0) is 15.5. The van der Waals surface area contributed by atoms with Crippen LogP contribution in [0.4, 0.5) is 5.69 Å². The van der Waals surface area contributed by atoms with Crippen LogP contribution < -0.4 is 14.8 Å². The Bertz CT molecular complexity index is 495. The lowest BCUT2D eigenvalue weighted by molar-refractivity contribution is -0.0709. The predicted octanol–water partition coefficient (Wildman–Crippen LogP) is 4.12. The van der Waals surface area contributed by atoms with Gasteiger partial charge in [-0.25, -0.2) is 0 Å². The van der Waals surface area contributed by atoms with Gasteiger partial charge in [0.05, 0.1) is 30.5 Å². The Morgan fingerprint density at radius 3 is 2.67 bits per heavy atom. The first kappa shape index (κ1) is 16.2. The van der Waals surface area contributed by atoms with Crippen molar-refractivity contribution in [2.75, 3.05) is 26.1 Å². The van der Waals surface area contributed by atoms with Crippen molar-refractivity contribution in [1.82, 2.24) is 0 Å². The zero-order valence-electron chi connectivity index (χ0n) is 13.2. The van der Waals surface area contributed by atoms with Crippen molar-refractivity contribution in [2.24, 2.45) is 0 Å². The fraction of sp³-hybridized carbons (Fsp3) is 0.625. The second-order valence-corrected chi connectivity index (χ2v) is 6.08. The molecule has 0 bridgehead atoms. The molecule has 118 valence electrons. The number of nitrogens with one attached hydrogen (secondary N) is 1. The minimum atomic E-state index is -0.0561. The first-order chi connectivity index (χ1) is 10.0. The van der Waals surface area contributed by atoms with Crippen LogP contribution in [0.1, 0.15) is 33.1 Å². The predicted molar refractivity (Wildman–Crippen MR) is 85.8 cm³/mol. The average molecular weight is 314 g/mol. The molecule has 1 saturated heterocycles. The average Bonchev–Trinajstić information content (AvgIpc) is 2.48. The number of hydrogen-bond donors (Lipinski definition) is 1. The van der Waals surface area contributed by atoms with E-state index in [1.54, 1.807) is 14.2 Å². The molecule has 0 amide bonds. The fourth-order valence-electron chi connectivity index (χ4n) is 2.69. The molecule has 2 unspecified atom stereocenters. The van der Waals surface area contributed by atoms with Crippen LogP contribution in [0.3, 0.4) is 0 Å². The van der Waals surface area contributed by atoms with Gasteiger partial charge in [0, 0.05) is 18.7 Å². The van der Waals surface area contributed by atoms with E-state index >= 15 is 0 Å². The molecule has 0 spiro atoms. The summed E-state index contributed by atoms with van der Waals surface area (Å²) in [4.78, 5) is 0. The molecule has 21 heavy (non-hydrogen) atoms. The van der Waals surface area contributed by atoms with Crippen molar-refractivity contribution < 1.29 is 14.2 Å². The molecule has 5 heteroatoms. The lowest BCUT2D eigenvalue weighted by atomic mass is 9.90. The summed E-state index contributed by atoms with van der Waals surface area (Å²) in [6.45, 7) is 5.10. The Morgan fingerprint density at radius 2 is 2.05 bits per heavy atom. The summed E-state index contributed by atoms with van der Waals surface area (Å²) in [6.07, 6.45) is 2.95. The molecule has 2 rings (SSSR count). The number of rotatable bonds is 5. The minimum Gasteiger partial charge on any atom is -0.495 e. The summed E-state index contributed by atoms with van der Waals surface area (Å²) in [5, 5.41) is 4.11. The molecule has 1 aromatic carbocycles. The lowest BCUT2D eigenvalue weighted by Crippen LogP contribution is -2.41. The molecular formula is C16H24ClNO3. The highest BCUT2D eigenvalue weighted by atomic mass is 35.5. The number of ether oxygens (including phenoxy) is 3. The van der Waals surface area contributed by atoms with Crippen LogP contribution in [0.15, 0.2) is 12.1 Å². The van der Waals surface area contributed by atoms with E-state index in [0.717, 1.165) is 37.3 Å². The number of halogens is 1. The van der Waals surface area contributed by atoms with Crippen molar-refractivity contribution >= 4 is 17.3 Å². The van der Waals surface area contributed by atoms with Crippen LogP contribution >= 0.6 is 11.6 Å². The largest absolute Gasteiger partial charge is 0.495 e. The second-order valence-electron chi connectivity index (χ2n) is 5.67. The number of methoxy groups -OCH3 is 2. The third kappa shape index (κ3) is 3.74. The van der Waals surface area contributed by atoms with Crippen LogP contribution in [0.5, 0.6) is 11.5 Å². The molecular weight excluding hydrogens is 290 g/mol. The van der Waals surface area contributed by atoms with Crippen molar-refractivity contribution in [2.45, 2.75) is 44.8 Å². The van der Waals surface area contributed by atoms with Gasteiger partial charge in [0.2, 0.25) is 0 Å². The third-order valence-corrected chi connectivity index (χ3v) is 4.47. The monoisotopic (exact) mass is 313 g/mol. The van der Waals surface area contributed by atoms with Gasteiger partial charge in [-0.05, 0) is 32.3 Å². The third-order valence-electron chi connectivity index (χ3n) is 4.18. The molecule has 1 heterocycles. The topological polar surface area (TPSA) is 39.7 Å². The van der Waals surface area contributed by atoms with E-state index in [1.807, 2.05) is 12.1 Å². The first-order valence-electron chi connectivity index (χ1n) is 7.33. The molecule has 2 atom stereocenters. The normalized spacial score (nSPS) is 25.5. The highest BCUT2D eigenvalue weighted by molar-refractivity contribution is 6.32. The molecule has 1 aromatic rings. The standard InChI is InChI=1S/C16H24ClNO3/c1-5-16(2)10-11(6-7-21-16)18-13-8-12(17)14(19-3)9-15(13)20-4/h8-9,11,18H,5-7,10H2,1-4H3. The van der Waals surface area contributed by atoms with Gasteiger partial charge < -0.3 is 19.5 Å². The van der Waals surface area contributed by atoms with E-state index in [0.29, 0.717) is 16.8 Å². The summed E-state index contributed by atoms with van der Waals surface area (Å²) < 4.78 is 16.5. The van der Waals surface area contributed by atoms with Crippen LogP contribution in [0, 0.1) is 0 Å². The van der Waals surface area contributed by atoms with Crippen molar-refractivity contribution in [3.05, 3.63) is 17.2 Å². The van der Waals surface area contributed by atoms with Crippen molar-refractivity contribution in [3.63, 3.8) is 0 Å². The van der Waals surface area contributed by atoms with Crippen LogP contribution in [-0.4, -0.2) is 32.5 Å². The fourth-order valence-corrected chi connectivity index (χ4v) is 2.93. The smallest absolute Gasteiger partial charge is 0.145 e. The Hall–Kier alpha value is -1.13. The van der Waals surface area contributed by atoms with Gasteiger partial charge in [0.15, 0.2) is 0 Å². The lowest BCUT2D eigenvalue weighted by Gasteiger charge is -2.38. The van der Waals surface area contributed by atoms with Gasteiger partial charge in [-0.3, -0.25) is 0 Å². The number of anilines is 1. The molecule has 0 aliphatic carbocycles. The zero-order valence-corrected chi connectivity index (χ0v) is 13.9. The number of benzene rings is 1. The molecule has 1 N–H and O–H groups in total. The van der Waals surface area contributed by atoms with Gasteiger partial charge in [0.1, 0.15) is 11.5 Å². The summed E-state index contributed by atoms with van der Waals surface area (Å²) in [7, 11) is 3.24. The maximum Gasteiger partial charge on any atom is 0.145 e. The second kappa shape index (κ2) is 6.75. The van der Waals surface area contributed by atoms with Gasteiger partial charge in [-0.15, -0.1) is 0 Å². The molecule has 1 aliphatic heterocycles. The Kier molecular flexibility index (Phi) is 5.22. The summed E-state index contributed by atoms with van der Waals surface area (Å²) in [5.41, 5.74) is 0.841. The van der Waals surface area contributed by atoms with Gasteiger partial charge in [0.25, 0.3) is 0 Å². The highest BCUT2D eigenvalue weighted by Gasteiger charge is 2.32. The van der Waals surface area contributed by atoms with Crippen molar-refractivity contribution in [3.8, 4) is 11.5 Å². The maximum atomic E-state index is 6.21. The SMILES string of the molecule is CCC1(C)CC(Nc2cc(Cl)c(OC)cc2OC)CCO1. The molecule has 1 aliphatic rings.